The van der Waals surface area contributed by atoms with Crippen molar-refractivity contribution in [1.82, 2.24) is 9.29 Å². The second kappa shape index (κ2) is 7.93. The third-order valence-corrected chi connectivity index (χ3v) is 6.75. The lowest BCUT2D eigenvalue weighted by Crippen LogP contribution is -2.29. The van der Waals surface area contributed by atoms with Crippen LogP contribution < -0.4 is 10.2 Å². The molecule has 0 spiro atoms. The van der Waals surface area contributed by atoms with E-state index < -0.39 is 0 Å². The van der Waals surface area contributed by atoms with E-state index in [1.807, 2.05) is 12.1 Å². The molecule has 0 unspecified atom stereocenters. The van der Waals surface area contributed by atoms with Crippen molar-refractivity contribution < 1.29 is 4.79 Å². The van der Waals surface area contributed by atoms with E-state index >= 15 is 0 Å². The molecule has 2 aliphatic rings. The first kappa shape index (κ1) is 17.1. The molecular weight excluding hydrogens is 352 g/mol. The summed E-state index contributed by atoms with van der Waals surface area (Å²) >= 11 is 3.04. The fraction of sp³-hybridized carbons (Fsp3) is 0.556. The highest BCUT2D eigenvalue weighted by atomic mass is 32.2. The van der Waals surface area contributed by atoms with Crippen molar-refractivity contribution in [3.05, 3.63) is 18.2 Å². The number of fused-ring (bicyclic) bond motifs is 1. The van der Waals surface area contributed by atoms with Gasteiger partial charge in [-0.15, -0.1) is 0 Å². The maximum Gasteiger partial charge on any atom is 0.298 e. The normalized spacial score (nSPS) is 19.3. The third kappa shape index (κ3) is 4.27. The number of rotatable bonds is 3. The average molecular weight is 377 g/mol. The molecule has 0 atom stereocenters. The van der Waals surface area contributed by atoms with E-state index in [0.717, 1.165) is 47.2 Å². The van der Waals surface area contributed by atoms with Crippen LogP contribution in [0.5, 0.6) is 0 Å². The summed E-state index contributed by atoms with van der Waals surface area (Å²) in [7, 11) is 0. The van der Waals surface area contributed by atoms with Crippen molar-refractivity contribution in [3.8, 4) is 0 Å². The van der Waals surface area contributed by atoms with Crippen molar-refractivity contribution in [1.29, 1.82) is 0 Å². The number of carbonyl (C=O) groups is 1. The molecule has 1 aromatic carbocycles. The summed E-state index contributed by atoms with van der Waals surface area (Å²) in [6.07, 6.45) is 7.49. The Hall–Kier alpha value is -1.31. The Labute approximate surface area is 156 Å². The van der Waals surface area contributed by atoms with E-state index in [2.05, 4.69) is 20.6 Å². The van der Waals surface area contributed by atoms with Gasteiger partial charge in [-0.1, -0.05) is 17.8 Å². The summed E-state index contributed by atoms with van der Waals surface area (Å²) in [6, 6.07) is 6.02. The number of aromatic nitrogens is 1. The molecule has 2 fully saturated rings. The van der Waals surface area contributed by atoms with Gasteiger partial charge in [-0.25, -0.2) is 9.29 Å². The van der Waals surface area contributed by atoms with Crippen molar-refractivity contribution >= 4 is 49.6 Å². The van der Waals surface area contributed by atoms with E-state index in [-0.39, 0.29) is 5.24 Å². The second-order valence-electron chi connectivity index (χ2n) is 6.72. The topological polar surface area (TPSA) is 48.5 Å². The summed E-state index contributed by atoms with van der Waals surface area (Å²) in [5.41, 5.74) is 1.88. The van der Waals surface area contributed by atoms with Crippen LogP contribution in [0.4, 0.5) is 15.6 Å². The minimum absolute atomic E-state index is 0.00187. The molecule has 0 saturated carbocycles. The lowest BCUT2D eigenvalue weighted by Gasteiger charge is -2.25. The van der Waals surface area contributed by atoms with Gasteiger partial charge in [-0.05, 0) is 50.3 Å². The molecule has 4 rings (SSSR count). The number of hydrogen-bond donors (Lipinski definition) is 1. The highest BCUT2D eigenvalue weighted by molar-refractivity contribution is 8.11. The Morgan fingerprint density at radius 1 is 1.04 bits per heavy atom. The molecule has 2 saturated heterocycles. The number of nitrogens with one attached hydrogen (secondary N) is 1. The van der Waals surface area contributed by atoms with Gasteiger partial charge in [-0.2, -0.15) is 0 Å². The molecule has 0 bridgehead atoms. The smallest absolute Gasteiger partial charge is 0.298 e. The molecule has 0 radical (unpaired) electrons. The molecule has 3 heterocycles. The first-order valence-corrected chi connectivity index (χ1v) is 10.8. The van der Waals surface area contributed by atoms with Crippen LogP contribution in [-0.2, 0) is 0 Å². The van der Waals surface area contributed by atoms with Crippen LogP contribution in [0.3, 0.4) is 0 Å². The summed E-state index contributed by atoms with van der Waals surface area (Å²) < 4.78 is 3.31. The average Bonchev–Trinajstić information content (AvgIpc) is 3.06. The fourth-order valence-electron chi connectivity index (χ4n) is 3.42. The number of carbonyl (C=O) groups excluding carboxylic acids is 1. The summed E-state index contributed by atoms with van der Waals surface area (Å²) in [5.74, 6) is 0. The van der Waals surface area contributed by atoms with Crippen LogP contribution in [0.25, 0.3) is 10.2 Å². The Bertz CT molecular complexity index is 736. The Morgan fingerprint density at radius 3 is 2.52 bits per heavy atom. The van der Waals surface area contributed by atoms with Gasteiger partial charge in [0.15, 0.2) is 5.13 Å². The van der Waals surface area contributed by atoms with Crippen LogP contribution in [0.1, 0.15) is 38.5 Å². The molecule has 2 aliphatic heterocycles. The van der Waals surface area contributed by atoms with Gasteiger partial charge in [0.2, 0.25) is 0 Å². The Morgan fingerprint density at radius 2 is 1.76 bits per heavy atom. The molecule has 5 nitrogen and oxygen atoms in total. The first-order valence-electron chi connectivity index (χ1n) is 9.17. The highest BCUT2D eigenvalue weighted by Crippen LogP contribution is 2.32. The Kier molecular flexibility index (Phi) is 5.43. The van der Waals surface area contributed by atoms with E-state index in [1.54, 1.807) is 11.3 Å². The zero-order valence-corrected chi connectivity index (χ0v) is 16.0. The predicted octanol–water partition coefficient (Wildman–Crippen LogP) is 4.95. The van der Waals surface area contributed by atoms with Gasteiger partial charge in [0.05, 0.1) is 10.2 Å². The van der Waals surface area contributed by atoms with Crippen LogP contribution in [0, 0.1) is 0 Å². The standard InChI is InChI=1S/C18H24N4OS2/c23-18(25-22-11-5-2-6-12-22)19-14-7-8-15-16(13-14)24-17(20-15)21-9-3-1-4-10-21/h7-8,13H,1-6,9-12H2,(H,19,23). The summed E-state index contributed by atoms with van der Waals surface area (Å²) in [4.78, 5) is 19.4. The molecule has 2 aromatic rings. The van der Waals surface area contributed by atoms with Gasteiger partial charge >= 0.3 is 0 Å². The van der Waals surface area contributed by atoms with Crippen molar-refractivity contribution in [2.45, 2.75) is 38.5 Å². The first-order chi connectivity index (χ1) is 12.3. The third-order valence-electron chi connectivity index (χ3n) is 4.78. The van der Waals surface area contributed by atoms with Gasteiger partial charge in [-0.3, -0.25) is 4.79 Å². The number of piperidine rings is 2. The number of benzene rings is 1. The van der Waals surface area contributed by atoms with Crippen LogP contribution in [0.2, 0.25) is 0 Å². The molecule has 25 heavy (non-hydrogen) atoms. The second-order valence-corrected chi connectivity index (χ2v) is 8.80. The van der Waals surface area contributed by atoms with Crippen molar-refractivity contribution in [3.63, 3.8) is 0 Å². The monoisotopic (exact) mass is 376 g/mol. The molecule has 0 aliphatic carbocycles. The number of amides is 1. The number of anilines is 2. The minimum atomic E-state index is 0.00187. The van der Waals surface area contributed by atoms with Gasteiger partial charge in [0, 0.05) is 43.8 Å². The zero-order valence-electron chi connectivity index (χ0n) is 14.4. The highest BCUT2D eigenvalue weighted by Gasteiger charge is 2.17. The molecule has 134 valence electrons. The predicted molar refractivity (Wildman–Crippen MR) is 108 cm³/mol. The maximum absolute atomic E-state index is 12.3. The molecule has 1 amide bonds. The SMILES string of the molecule is O=C(Nc1ccc2nc(N3CCCCC3)sc2c1)SN1CCCCC1. The van der Waals surface area contributed by atoms with Gasteiger partial charge in [0.25, 0.3) is 5.24 Å². The summed E-state index contributed by atoms with van der Waals surface area (Å²) in [5, 5.41) is 4.13. The van der Waals surface area contributed by atoms with E-state index in [9.17, 15) is 4.79 Å². The molecule has 1 aromatic heterocycles. The largest absolute Gasteiger partial charge is 0.348 e. The van der Waals surface area contributed by atoms with Crippen LogP contribution >= 0.6 is 23.3 Å². The number of thiazole rings is 1. The van der Waals surface area contributed by atoms with Crippen molar-refractivity contribution in [2.75, 3.05) is 36.4 Å². The van der Waals surface area contributed by atoms with Crippen LogP contribution in [-0.4, -0.2) is 40.7 Å². The maximum atomic E-state index is 12.3. The lowest BCUT2D eigenvalue weighted by atomic mass is 10.1. The lowest BCUT2D eigenvalue weighted by molar-refractivity contribution is 0.268. The van der Waals surface area contributed by atoms with E-state index in [1.165, 1.54) is 50.5 Å². The molecule has 1 N–H and O–H groups in total. The quantitative estimate of drug-likeness (QED) is 0.768. The minimum Gasteiger partial charge on any atom is -0.348 e. The van der Waals surface area contributed by atoms with Crippen LogP contribution in [0.15, 0.2) is 18.2 Å². The zero-order chi connectivity index (χ0) is 17.1. The Balaban J connectivity index is 1.42. The summed E-state index contributed by atoms with van der Waals surface area (Å²) in [6.45, 7) is 4.22. The van der Waals surface area contributed by atoms with Gasteiger partial charge < -0.3 is 10.2 Å². The van der Waals surface area contributed by atoms with E-state index in [0.29, 0.717) is 0 Å². The van der Waals surface area contributed by atoms with Gasteiger partial charge in [0.1, 0.15) is 0 Å². The van der Waals surface area contributed by atoms with Crippen molar-refractivity contribution in [2.24, 2.45) is 0 Å². The number of hydrogen-bond acceptors (Lipinski definition) is 6. The number of nitrogens with zero attached hydrogens (tertiary/aromatic N) is 3. The molecular formula is C18H24N4OS2. The fourth-order valence-corrected chi connectivity index (χ4v) is 5.32. The van der Waals surface area contributed by atoms with E-state index in [4.69, 9.17) is 4.98 Å². The molecule has 7 heteroatoms.